The number of allylic oxidation sites excluding steroid dienone is 4. The van der Waals surface area contributed by atoms with Gasteiger partial charge in [-0.3, -0.25) is 0 Å². The number of pyridine rings is 1. The van der Waals surface area contributed by atoms with Gasteiger partial charge in [0.1, 0.15) is 0 Å². The van der Waals surface area contributed by atoms with Gasteiger partial charge in [-0.1, -0.05) is 56.7 Å². The van der Waals surface area contributed by atoms with Gasteiger partial charge >= 0.3 is 0 Å². The molecule has 0 radical (unpaired) electrons. The van der Waals surface area contributed by atoms with E-state index in [0.29, 0.717) is 0 Å². The van der Waals surface area contributed by atoms with Crippen LogP contribution in [-0.4, -0.2) is 0 Å². The van der Waals surface area contributed by atoms with Crippen molar-refractivity contribution in [1.29, 1.82) is 0 Å². The topological polar surface area (TPSA) is 3.88 Å². The van der Waals surface area contributed by atoms with E-state index in [4.69, 9.17) is 0 Å². The smallest absolute Gasteiger partial charge is 0.193 e. The molecule has 1 heterocycles. The van der Waals surface area contributed by atoms with E-state index in [1.807, 2.05) is 0 Å². The molecule has 0 saturated heterocycles. The average Bonchev–Trinajstić information content (AvgIpc) is 2.52. The predicted octanol–water partition coefficient (Wildman–Crippen LogP) is 6.03. The zero-order valence-corrected chi connectivity index (χ0v) is 16.0. The van der Waals surface area contributed by atoms with E-state index < -0.39 is 0 Å². The number of fused-ring (bicyclic) bond motifs is 1. The molecule has 0 spiro atoms. The Kier molecular flexibility index (Phi) is 4.15. The van der Waals surface area contributed by atoms with Gasteiger partial charge in [-0.2, -0.15) is 4.57 Å². The van der Waals surface area contributed by atoms with Gasteiger partial charge in [0, 0.05) is 32.4 Å². The second-order valence-corrected chi connectivity index (χ2v) is 8.88. The number of benzene rings is 1. The summed E-state index contributed by atoms with van der Waals surface area (Å²) in [4.78, 5) is 0. The normalized spacial score (nSPS) is 16.1. The largest absolute Gasteiger partial charge is 0.220 e. The summed E-state index contributed by atoms with van der Waals surface area (Å²) in [6.45, 7) is 13.9. The van der Waals surface area contributed by atoms with Crippen molar-refractivity contribution in [3.05, 3.63) is 59.9 Å². The molecule has 0 aliphatic heterocycles. The molecular formula is C23H30N+. The second-order valence-electron chi connectivity index (χ2n) is 8.88. The molecule has 1 nitrogen and oxygen atoms in total. The third-order valence-electron chi connectivity index (χ3n) is 4.91. The van der Waals surface area contributed by atoms with E-state index in [1.165, 1.54) is 22.0 Å². The fraction of sp³-hybridized carbons (Fsp3) is 0.435. The molecule has 0 fully saturated rings. The lowest BCUT2D eigenvalue weighted by molar-refractivity contribution is -0.754. The van der Waals surface area contributed by atoms with Crippen LogP contribution in [0.15, 0.2) is 54.3 Å². The van der Waals surface area contributed by atoms with Crippen LogP contribution in [-0.2, 0) is 5.54 Å². The Labute approximate surface area is 146 Å². The highest BCUT2D eigenvalue weighted by atomic mass is 15.0. The summed E-state index contributed by atoms with van der Waals surface area (Å²) in [5.74, 6) is 0. The van der Waals surface area contributed by atoms with Crippen molar-refractivity contribution in [3.63, 3.8) is 0 Å². The molecule has 0 amide bonds. The minimum Gasteiger partial charge on any atom is -0.193 e. The molecule has 1 aliphatic rings. The Balaban J connectivity index is 2.43. The molecule has 24 heavy (non-hydrogen) atoms. The lowest BCUT2D eigenvalue weighted by Crippen LogP contribution is -2.53. The van der Waals surface area contributed by atoms with Crippen LogP contribution < -0.4 is 4.57 Å². The van der Waals surface area contributed by atoms with Crippen LogP contribution in [0.4, 0.5) is 0 Å². The first kappa shape index (κ1) is 17.0. The van der Waals surface area contributed by atoms with Crippen molar-refractivity contribution in [3.8, 4) is 0 Å². The van der Waals surface area contributed by atoms with E-state index >= 15 is 0 Å². The summed E-state index contributed by atoms with van der Waals surface area (Å²) in [7, 11) is 0. The summed E-state index contributed by atoms with van der Waals surface area (Å²) in [6.07, 6.45) is 9.25. The van der Waals surface area contributed by atoms with Crippen molar-refractivity contribution < 1.29 is 4.57 Å². The highest BCUT2D eigenvalue weighted by Crippen LogP contribution is 2.40. The van der Waals surface area contributed by atoms with Gasteiger partial charge in [-0.05, 0) is 29.7 Å². The Bertz CT molecular complexity index is 823. The first-order chi connectivity index (χ1) is 11.2. The number of rotatable bonds is 1. The van der Waals surface area contributed by atoms with Crippen LogP contribution in [0.2, 0.25) is 0 Å². The number of hydrogen-bond donors (Lipinski definition) is 0. The summed E-state index contributed by atoms with van der Waals surface area (Å²) in [5, 5.41) is 2.66. The van der Waals surface area contributed by atoms with Gasteiger partial charge in [0.05, 0.1) is 5.39 Å². The quantitative estimate of drug-likeness (QED) is 0.565. The highest BCUT2D eigenvalue weighted by Gasteiger charge is 2.32. The number of aromatic nitrogens is 1. The first-order valence-electron chi connectivity index (χ1n) is 9.04. The lowest BCUT2D eigenvalue weighted by atomic mass is 9.77. The minimum atomic E-state index is 0.0423. The van der Waals surface area contributed by atoms with E-state index in [0.717, 1.165) is 12.8 Å². The monoisotopic (exact) mass is 320 g/mol. The maximum atomic E-state index is 2.45. The van der Waals surface area contributed by atoms with E-state index in [2.05, 4.69) is 94.8 Å². The van der Waals surface area contributed by atoms with Gasteiger partial charge < -0.3 is 0 Å². The lowest BCUT2D eigenvalue weighted by Gasteiger charge is -2.29. The van der Waals surface area contributed by atoms with Crippen LogP contribution in [0.3, 0.4) is 0 Å². The minimum absolute atomic E-state index is 0.0423. The maximum absolute atomic E-state index is 2.45. The van der Waals surface area contributed by atoms with Crippen molar-refractivity contribution in [2.24, 2.45) is 5.41 Å². The highest BCUT2D eigenvalue weighted by molar-refractivity contribution is 5.94. The number of hydrogen-bond acceptors (Lipinski definition) is 0. The van der Waals surface area contributed by atoms with Crippen LogP contribution in [0, 0.1) is 5.41 Å². The predicted molar refractivity (Wildman–Crippen MR) is 104 cm³/mol. The van der Waals surface area contributed by atoms with Gasteiger partial charge in [0.2, 0.25) is 5.69 Å². The first-order valence-corrected chi connectivity index (χ1v) is 9.04. The molecule has 1 heteroatoms. The zero-order valence-electron chi connectivity index (χ0n) is 16.0. The van der Waals surface area contributed by atoms with Crippen molar-refractivity contribution in [1.82, 2.24) is 0 Å². The molecule has 0 N–H and O–H groups in total. The fourth-order valence-corrected chi connectivity index (χ4v) is 3.72. The van der Waals surface area contributed by atoms with E-state index in [1.54, 1.807) is 5.57 Å². The fourth-order valence-electron chi connectivity index (χ4n) is 3.72. The SMILES string of the molecule is CC(C)(C)C1=C(c2c3ccccc3cc[n+]2C(C)(C)C)C=CCC1. The third kappa shape index (κ3) is 3.05. The molecule has 3 rings (SSSR count). The zero-order chi connectivity index (χ0) is 17.5. The Hall–Kier alpha value is -1.89. The molecule has 1 aromatic heterocycles. The molecule has 1 aromatic carbocycles. The average molecular weight is 321 g/mol. The van der Waals surface area contributed by atoms with E-state index in [9.17, 15) is 0 Å². The molecule has 1 aliphatic carbocycles. The Morgan fingerprint density at radius 3 is 2.29 bits per heavy atom. The van der Waals surface area contributed by atoms with Crippen molar-refractivity contribution >= 4 is 16.3 Å². The van der Waals surface area contributed by atoms with Crippen LogP contribution >= 0.6 is 0 Å². The van der Waals surface area contributed by atoms with Crippen LogP contribution in [0.5, 0.6) is 0 Å². The standard InChI is InChI=1S/C23H30N/c1-22(2,3)20-14-10-9-13-19(20)21-18-12-8-7-11-17(18)15-16-24(21)23(4,5)6/h7-9,11-13,15-16H,10,14H2,1-6H3/q+1. The molecule has 0 unspecified atom stereocenters. The second kappa shape index (κ2) is 5.88. The Morgan fingerprint density at radius 2 is 1.62 bits per heavy atom. The molecule has 0 saturated carbocycles. The van der Waals surface area contributed by atoms with Crippen LogP contribution in [0.1, 0.15) is 60.1 Å². The third-order valence-corrected chi connectivity index (χ3v) is 4.91. The van der Waals surface area contributed by atoms with E-state index in [-0.39, 0.29) is 11.0 Å². The molecular weight excluding hydrogens is 290 g/mol. The van der Waals surface area contributed by atoms with Gasteiger partial charge in [0.15, 0.2) is 11.7 Å². The Morgan fingerprint density at radius 1 is 0.917 bits per heavy atom. The number of nitrogens with zero attached hydrogens (tertiary/aromatic N) is 1. The van der Waals surface area contributed by atoms with Gasteiger partial charge in [0.25, 0.3) is 0 Å². The molecule has 0 atom stereocenters. The maximum Gasteiger partial charge on any atom is 0.220 e. The molecule has 2 aromatic rings. The van der Waals surface area contributed by atoms with Crippen LogP contribution in [0.25, 0.3) is 16.3 Å². The van der Waals surface area contributed by atoms with Gasteiger partial charge in [-0.25, -0.2) is 0 Å². The summed E-state index contributed by atoms with van der Waals surface area (Å²) in [6, 6.07) is 11.0. The summed E-state index contributed by atoms with van der Waals surface area (Å²) < 4.78 is 2.45. The van der Waals surface area contributed by atoms with Crippen molar-refractivity contribution in [2.45, 2.75) is 59.9 Å². The van der Waals surface area contributed by atoms with Gasteiger partial charge in [-0.15, -0.1) is 0 Å². The summed E-state index contributed by atoms with van der Waals surface area (Å²) in [5.41, 5.74) is 4.58. The summed E-state index contributed by atoms with van der Waals surface area (Å²) >= 11 is 0. The van der Waals surface area contributed by atoms with Crippen molar-refractivity contribution in [2.75, 3.05) is 0 Å². The molecule has 126 valence electrons. The molecule has 0 bridgehead atoms.